The van der Waals surface area contributed by atoms with Gasteiger partial charge in [0.1, 0.15) is 5.82 Å². The van der Waals surface area contributed by atoms with E-state index < -0.39 is 5.41 Å². The Balaban J connectivity index is 1.56. The maximum Gasteiger partial charge on any atom is 0.232 e. The Morgan fingerprint density at radius 2 is 2.07 bits per heavy atom. The summed E-state index contributed by atoms with van der Waals surface area (Å²) in [6.07, 6.45) is 5.84. The van der Waals surface area contributed by atoms with Crippen LogP contribution in [-0.2, 0) is 22.5 Å². The molecule has 0 radical (unpaired) electrons. The highest BCUT2D eigenvalue weighted by atomic mass is 16.5. The Hall–Kier alpha value is -2.25. The quantitative estimate of drug-likeness (QED) is 0.863. The van der Waals surface area contributed by atoms with Gasteiger partial charge in [0.25, 0.3) is 0 Å². The zero-order valence-corrected chi connectivity index (χ0v) is 15.6. The summed E-state index contributed by atoms with van der Waals surface area (Å²) in [5, 5.41) is 11.9. The van der Waals surface area contributed by atoms with Crippen molar-refractivity contribution in [2.24, 2.45) is 11.1 Å². The van der Waals surface area contributed by atoms with Crippen LogP contribution in [0.5, 0.6) is 0 Å². The molecule has 2 aliphatic heterocycles. The van der Waals surface area contributed by atoms with Crippen molar-refractivity contribution in [3.05, 3.63) is 30.1 Å². The molecule has 0 spiro atoms. The van der Waals surface area contributed by atoms with Crippen LogP contribution in [0, 0.1) is 5.41 Å². The number of ether oxygens (including phenoxy) is 1. The van der Waals surface area contributed by atoms with Crippen LogP contribution in [0.25, 0.3) is 11.4 Å². The Kier molecular flexibility index (Phi) is 5.22. The van der Waals surface area contributed by atoms with Crippen LogP contribution < -0.4 is 11.1 Å². The molecule has 2 aliphatic rings. The molecule has 1 aromatic heterocycles. The lowest BCUT2D eigenvalue weighted by atomic mass is 9.79. The first-order chi connectivity index (χ1) is 13.2. The molecule has 144 valence electrons. The van der Waals surface area contributed by atoms with Gasteiger partial charge in [0.2, 0.25) is 5.91 Å². The molecule has 3 heterocycles. The number of amides is 1. The maximum atomic E-state index is 12.9. The normalized spacial score (nSPS) is 19.1. The second-order valence-electron chi connectivity index (χ2n) is 7.53. The molecule has 0 saturated carbocycles. The van der Waals surface area contributed by atoms with E-state index in [1.807, 2.05) is 24.3 Å². The van der Waals surface area contributed by atoms with Crippen LogP contribution in [0.15, 0.2) is 24.3 Å². The topological polar surface area (TPSA) is 95.1 Å². The van der Waals surface area contributed by atoms with E-state index in [1.165, 1.54) is 12.8 Å². The van der Waals surface area contributed by atoms with Crippen molar-refractivity contribution in [3.63, 3.8) is 0 Å². The Bertz CT molecular complexity index is 810. The number of aromatic nitrogens is 3. The minimum Gasteiger partial charge on any atom is -0.381 e. The van der Waals surface area contributed by atoms with Gasteiger partial charge >= 0.3 is 0 Å². The van der Waals surface area contributed by atoms with Gasteiger partial charge in [-0.2, -0.15) is 0 Å². The molecule has 1 fully saturated rings. The standard InChI is InChI=1S/C20H27N5O2/c21-14-20(8-11-27-12-9-20)19(26)22-16-6-4-5-15(13-16)18-24-23-17-7-2-1-3-10-25(17)18/h4-6,13H,1-3,7-12,14,21H2,(H,22,26). The number of hydrogen-bond donors (Lipinski definition) is 2. The third kappa shape index (κ3) is 3.61. The predicted octanol–water partition coefficient (Wildman–Crippen LogP) is 2.37. The van der Waals surface area contributed by atoms with Gasteiger partial charge in [-0.05, 0) is 37.8 Å². The van der Waals surface area contributed by atoms with Crippen LogP contribution in [0.3, 0.4) is 0 Å². The highest BCUT2D eigenvalue weighted by Crippen LogP contribution is 2.32. The number of carbonyl (C=O) groups is 1. The summed E-state index contributed by atoms with van der Waals surface area (Å²) in [7, 11) is 0. The smallest absolute Gasteiger partial charge is 0.232 e. The summed E-state index contributed by atoms with van der Waals surface area (Å²) in [5.41, 5.74) is 7.15. The Morgan fingerprint density at radius 1 is 1.22 bits per heavy atom. The zero-order valence-electron chi connectivity index (χ0n) is 15.6. The lowest BCUT2D eigenvalue weighted by Gasteiger charge is -2.34. The van der Waals surface area contributed by atoms with Crippen LogP contribution in [-0.4, -0.2) is 40.4 Å². The summed E-state index contributed by atoms with van der Waals surface area (Å²) in [4.78, 5) is 12.9. The largest absolute Gasteiger partial charge is 0.381 e. The van der Waals surface area contributed by atoms with Gasteiger partial charge in [-0.25, -0.2) is 0 Å². The van der Waals surface area contributed by atoms with Gasteiger partial charge in [-0.1, -0.05) is 18.6 Å². The summed E-state index contributed by atoms with van der Waals surface area (Å²) >= 11 is 0. The van der Waals surface area contributed by atoms with Crippen molar-refractivity contribution in [2.75, 3.05) is 25.1 Å². The number of nitrogens with two attached hydrogens (primary N) is 1. The predicted molar refractivity (Wildman–Crippen MR) is 103 cm³/mol. The van der Waals surface area contributed by atoms with E-state index in [4.69, 9.17) is 10.5 Å². The highest BCUT2D eigenvalue weighted by molar-refractivity contribution is 5.96. The Morgan fingerprint density at radius 3 is 2.89 bits per heavy atom. The molecule has 27 heavy (non-hydrogen) atoms. The van der Waals surface area contributed by atoms with E-state index in [-0.39, 0.29) is 5.91 Å². The number of carbonyl (C=O) groups excluding carboxylic acids is 1. The first-order valence-electron chi connectivity index (χ1n) is 9.84. The molecule has 0 aliphatic carbocycles. The molecule has 2 aromatic rings. The molecule has 7 nitrogen and oxygen atoms in total. The summed E-state index contributed by atoms with van der Waals surface area (Å²) in [6.45, 7) is 2.44. The van der Waals surface area contributed by atoms with Crippen LogP contribution in [0.2, 0.25) is 0 Å². The minimum atomic E-state index is -0.541. The molecule has 1 saturated heterocycles. The monoisotopic (exact) mass is 369 g/mol. The van der Waals surface area contributed by atoms with Gasteiger partial charge in [0, 0.05) is 44.0 Å². The van der Waals surface area contributed by atoms with Crippen molar-refractivity contribution < 1.29 is 9.53 Å². The van der Waals surface area contributed by atoms with Crippen LogP contribution in [0.1, 0.15) is 37.9 Å². The lowest BCUT2D eigenvalue weighted by Crippen LogP contribution is -2.46. The van der Waals surface area contributed by atoms with Gasteiger partial charge in [-0.15, -0.1) is 10.2 Å². The van der Waals surface area contributed by atoms with E-state index in [0.29, 0.717) is 32.6 Å². The number of hydrogen-bond acceptors (Lipinski definition) is 5. The number of nitrogens with zero attached hydrogens (tertiary/aromatic N) is 3. The fourth-order valence-electron chi connectivity index (χ4n) is 3.98. The zero-order chi connectivity index (χ0) is 18.7. The number of aryl methyl sites for hydroxylation is 1. The average molecular weight is 369 g/mol. The highest BCUT2D eigenvalue weighted by Gasteiger charge is 2.38. The fraction of sp³-hybridized carbons (Fsp3) is 0.550. The van der Waals surface area contributed by atoms with Crippen molar-refractivity contribution >= 4 is 11.6 Å². The van der Waals surface area contributed by atoms with E-state index in [0.717, 1.165) is 42.3 Å². The first kappa shape index (κ1) is 18.1. The Labute approximate surface area is 159 Å². The second kappa shape index (κ2) is 7.78. The van der Waals surface area contributed by atoms with Crippen molar-refractivity contribution in [1.82, 2.24) is 14.8 Å². The number of benzene rings is 1. The van der Waals surface area contributed by atoms with Crippen molar-refractivity contribution in [3.8, 4) is 11.4 Å². The van der Waals surface area contributed by atoms with Gasteiger partial charge < -0.3 is 20.4 Å². The van der Waals surface area contributed by atoms with Gasteiger partial charge in [0.15, 0.2) is 5.82 Å². The lowest BCUT2D eigenvalue weighted by molar-refractivity contribution is -0.130. The van der Waals surface area contributed by atoms with Gasteiger partial charge in [0.05, 0.1) is 5.41 Å². The molecular formula is C20H27N5O2. The number of anilines is 1. The molecule has 0 atom stereocenters. The molecule has 0 unspecified atom stereocenters. The van der Waals surface area contributed by atoms with Crippen molar-refractivity contribution in [1.29, 1.82) is 0 Å². The van der Waals surface area contributed by atoms with Crippen molar-refractivity contribution in [2.45, 2.75) is 45.1 Å². The molecule has 1 amide bonds. The summed E-state index contributed by atoms with van der Waals surface area (Å²) < 4.78 is 7.62. The molecule has 0 bridgehead atoms. The summed E-state index contributed by atoms with van der Waals surface area (Å²) in [5.74, 6) is 1.91. The SMILES string of the molecule is NCC1(C(=O)Nc2cccc(-c3nnc4n3CCCCC4)c2)CCOCC1. The van der Waals surface area contributed by atoms with E-state index in [1.54, 1.807) is 0 Å². The number of fused-ring (bicyclic) bond motifs is 1. The molecule has 3 N–H and O–H groups in total. The van der Waals surface area contributed by atoms with E-state index in [2.05, 4.69) is 20.1 Å². The third-order valence-corrected chi connectivity index (χ3v) is 5.81. The number of rotatable bonds is 4. The molecule has 1 aromatic carbocycles. The van der Waals surface area contributed by atoms with Crippen LogP contribution >= 0.6 is 0 Å². The van der Waals surface area contributed by atoms with E-state index in [9.17, 15) is 4.79 Å². The third-order valence-electron chi connectivity index (χ3n) is 5.81. The molecular weight excluding hydrogens is 342 g/mol. The maximum absolute atomic E-state index is 12.9. The first-order valence-corrected chi connectivity index (χ1v) is 9.84. The molecule has 7 heteroatoms. The van der Waals surface area contributed by atoms with E-state index >= 15 is 0 Å². The number of nitrogens with one attached hydrogen (secondary N) is 1. The molecule has 4 rings (SSSR count). The minimum absolute atomic E-state index is 0.0227. The van der Waals surface area contributed by atoms with Gasteiger partial charge in [-0.3, -0.25) is 4.79 Å². The average Bonchev–Trinajstić information content (AvgIpc) is 2.97. The van der Waals surface area contributed by atoms with Crippen LogP contribution in [0.4, 0.5) is 5.69 Å². The fourth-order valence-corrected chi connectivity index (χ4v) is 3.98. The second-order valence-corrected chi connectivity index (χ2v) is 7.53. The summed E-state index contributed by atoms with van der Waals surface area (Å²) in [6, 6.07) is 7.85.